The topological polar surface area (TPSA) is 114 Å². The van der Waals surface area contributed by atoms with Crippen molar-refractivity contribution in [3.8, 4) is 0 Å². The summed E-state index contributed by atoms with van der Waals surface area (Å²) < 4.78 is 1.17. The van der Waals surface area contributed by atoms with Gasteiger partial charge in [0.25, 0.3) is 11.5 Å². The lowest BCUT2D eigenvalue weighted by Crippen LogP contribution is -2.39. The van der Waals surface area contributed by atoms with Crippen LogP contribution in [0.25, 0.3) is 0 Å². The van der Waals surface area contributed by atoms with Gasteiger partial charge in [0.1, 0.15) is 16.7 Å². The number of benzene rings is 1. The van der Waals surface area contributed by atoms with E-state index in [1.807, 2.05) is 18.2 Å². The maximum atomic E-state index is 12.8. The Bertz CT molecular complexity index is 1160. The number of nitrogens with zero attached hydrogens (tertiary/aromatic N) is 3. The summed E-state index contributed by atoms with van der Waals surface area (Å²) in [7, 11) is 1.33. The third-order valence-electron chi connectivity index (χ3n) is 4.05. The number of aromatic amines is 1. The standard InChI is InChI=1S/C18H15Cl2N5O3/c1-24(17(27)13-11(19)7-8-12(20)22-13)14-15(21)25(18(28)23-16(14)26)9-10-5-3-2-4-6-10/h2-8H,9,21H2,1H3,(H,23,26,28). The van der Waals surface area contributed by atoms with Gasteiger partial charge in [0.15, 0.2) is 5.69 Å². The Morgan fingerprint density at radius 1 is 1.18 bits per heavy atom. The van der Waals surface area contributed by atoms with Crippen LogP contribution in [0.4, 0.5) is 11.5 Å². The molecule has 0 aliphatic rings. The van der Waals surface area contributed by atoms with Crippen molar-refractivity contribution in [2.45, 2.75) is 6.54 Å². The van der Waals surface area contributed by atoms with Gasteiger partial charge in [-0.25, -0.2) is 9.78 Å². The number of nitrogens with two attached hydrogens (primary N) is 1. The van der Waals surface area contributed by atoms with Crippen molar-refractivity contribution < 1.29 is 4.79 Å². The van der Waals surface area contributed by atoms with E-state index < -0.39 is 17.2 Å². The van der Waals surface area contributed by atoms with E-state index in [9.17, 15) is 14.4 Å². The molecule has 0 aliphatic heterocycles. The summed E-state index contributed by atoms with van der Waals surface area (Å²) in [6.45, 7) is 0.119. The van der Waals surface area contributed by atoms with Gasteiger partial charge in [0.05, 0.1) is 11.6 Å². The van der Waals surface area contributed by atoms with Crippen molar-refractivity contribution in [2.75, 3.05) is 17.7 Å². The molecular weight excluding hydrogens is 405 g/mol. The fourth-order valence-corrected chi connectivity index (χ4v) is 2.99. The highest BCUT2D eigenvalue weighted by molar-refractivity contribution is 6.35. The second-order valence-corrected chi connectivity index (χ2v) is 6.69. The van der Waals surface area contributed by atoms with Crippen molar-refractivity contribution in [2.24, 2.45) is 0 Å². The van der Waals surface area contributed by atoms with Gasteiger partial charge < -0.3 is 10.6 Å². The van der Waals surface area contributed by atoms with Gasteiger partial charge in [-0.05, 0) is 17.7 Å². The number of aromatic nitrogens is 3. The number of nitrogens with one attached hydrogen (secondary N) is 1. The molecule has 3 aromatic rings. The summed E-state index contributed by atoms with van der Waals surface area (Å²) in [5.74, 6) is -0.860. The van der Waals surface area contributed by atoms with E-state index in [0.717, 1.165) is 10.5 Å². The first-order valence-corrected chi connectivity index (χ1v) is 8.81. The monoisotopic (exact) mass is 419 g/mol. The van der Waals surface area contributed by atoms with Crippen LogP contribution in [-0.4, -0.2) is 27.5 Å². The van der Waals surface area contributed by atoms with Crippen LogP contribution in [-0.2, 0) is 6.54 Å². The number of anilines is 2. The van der Waals surface area contributed by atoms with Crippen LogP contribution in [0.3, 0.4) is 0 Å². The number of hydrogen-bond acceptors (Lipinski definition) is 5. The Kier molecular flexibility index (Phi) is 5.53. The third kappa shape index (κ3) is 3.78. The Morgan fingerprint density at radius 2 is 1.86 bits per heavy atom. The summed E-state index contributed by atoms with van der Waals surface area (Å²) in [6, 6.07) is 11.9. The lowest BCUT2D eigenvalue weighted by Gasteiger charge is -2.20. The van der Waals surface area contributed by atoms with Gasteiger partial charge in [0, 0.05) is 7.05 Å². The molecule has 2 aromatic heterocycles. The number of nitrogen functional groups attached to an aromatic ring is 1. The molecule has 0 radical (unpaired) electrons. The largest absolute Gasteiger partial charge is 0.383 e. The Hall–Kier alpha value is -3.10. The van der Waals surface area contributed by atoms with Crippen molar-refractivity contribution in [1.29, 1.82) is 0 Å². The highest BCUT2D eigenvalue weighted by Gasteiger charge is 2.24. The second kappa shape index (κ2) is 7.87. The molecule has 0 atom stereocenters. The average molecular weight is 420 g/mol. The molecule has 28 heavy (non-hydrogen) atoms. The first-order chi connectivity index (χ1) is 13.3. The summed E-state index contributed by atoms with van der Waals surface area (Å²) in [5, 5.41) is 0.130. The lowest BCUT2D eigenvalue weighted by atomic mass is 10.2. The van der Waals surface area contributed by atoms with Crippen LogP contribution in [0.15, 0.2) is 52.1 Å². The van der Waals surface area contributed by atoms with Gasteiger partial charge in [0.2, 0.25) is 0 Å². The first kappa shape index (κ1) is 19.7. The van der Waals surface area contributed by atoms with Crippen molar-refractivity contribution >= 4 is 40.6 Å². The van der Waals surface area contributed by atoms with Crippen molar-refractivity contribution in [3.05, 3.63) is 84.7 Å². The van der Waals surface area contributed by atoms with E-state index in [4.69, 9.17) is 28.9 Å². The van der Waals surface area contributed by atoms with Crippen LogP contribution >= 0.6 is 23.2 Å². The molecule has 0 spiro atoms. The molecule has 0 unspecified atom stereocenters. The summed E-state index contributed by atoms with van der Waals surface area (Å²) in [6.07, 6.45) is 0. The molecule has 0 saturated heterocycles. The van der Waals surface area contributed by atoms with E-state index in [0.29, 0.717) is 0 Å². The van der Waals surface area contributed by atoms with E-state index in [2.05, 4.69) is 9.97 Å². The van der Waals surface area contributed by atoms with Crippen LogP contribution in [0, 0.1) is 0 Å². The predicted octanol–water partition coefficient (Wildman–Crippen LogP) is 2.15. The van der Waals surface area contributed by atoms with Crippen LogP contribution in [0.5, 0.6) is 0 Å². The molecule has 0 saturated carbocycles. The average Bonchev–Trinajstić information content (AvgIpc) is 2.67. The van der Waals surface area contributed by atoms with E-state index in [1.165, 1.54) is 23.7 Å². The van der Waals surface area contributed by atoms with Crippen LogP contribution < -0.4 is 21.9 Å². The fraction of sp³-hybridized carbons (Fsp3) is 0.111. The smallest absolute Gasteiger partial charge is 0.330 e. The van der Waals surface area contributed by atoms with Gasteiger partial charge in [-0.3, -0.25) is 19.1 Å². The predicted molar refractivity (Wildman–Crippen MR) is 108 cm³/mol. The van der Waals surface area contributed by atoms with Crippen molar-refractivity contribution in [3.63, 3.8) is 0 Å². The number of pyridine rings is 1. The molecule has 8 nitrogen and oxygen atoms in total. The number of halogens is 2. The molecule has 144 valence electrons. The fourth-order valence-electron chi connectivity index (χ4n) is 2.65. The van der Waals surface area contributed by atoms with Gasteiger partial charge in [-0.15, -0.1) is 0 Å². The molecule has 1 aromatic carbocycles. The van der Waals surface area contributed by atoms with Crippen LogP contribution in [0.1, 0.15) is 16.1 Å². The number of amides is 1. The lowest BCUT2D eigenvalue weighted by molar-refractivity contribution is 0.0988. The maximum Gasteiger partial charge on any atom is 0.330 e. The Labute approximate surface area is 169 Å². The van der Waals surface area contributed by atoms with Gasteiger partial charge in [-0.2, -0.15) is 0 Å². The number of H-pyrrole nitrogens is 1. The zero-order valence-corrected chi connectivity index (χ0v) is 16.2. The summed E-state index contributed by atoms with van der Waals surface area (Å²) >= 11 is 11.9. The SMILES string of the molecule is CN(C(=O)c1nc(Cl)ccc1Cl)c1c(N)n(Cc2ccccc2)c(=O)[nH]c1=O. The Balaban J connectivity index is 2.07. The summed E-state index contributed by atoms with van der Waals surface area (Å²) in [4.78, 5) is 44.5. The molecule has 0 fully saturated rings. The molecule has 3 N–H and O–H groups in total. The normalized spacial score (nSPS) is 10.7. The highest BCUT2D eigenvalue weighted by atomic mass is 35.5. The van der Waals surface area contributed by atoms with Crippen LogP contribution in [0.2, 0.25) is 10.2 Å². The minimum absolute atomic E-state index is 0.0638. The maximum absolute atomic E-state index is 12.8. The molecule has 0 aliphatic carbocycles. The molecule has 1 amide bonds. The minimum Gasteiger partial charge on any atom is -0.383 e. The zero-order valence-electron chi connectivity index (χ0n) is 14.6. The first-order valence-electron chi connectivity index (χ1n) is 8.06. The van der Waals surface area contributed by atoms with Gasteiger partial charge >= 0.3 is 5.69 Å². The molecule has 0 bridgehead atoms. The molecular formula is C18H15Cl2N5O3. The number of rotatable bonds is 4. The minimum atomic E-state index is -0.805. The second-order valence-electron chi connectivity index (χ2n) is 5.89. The number of carbonyl (C=O) groups is 1. The highest BCUT2D eigenvalue weighted by Crippen LogP contribution is 2.22. The molecule has 2 heterocycles. The molecule has 3 rings (SSSR count). The molecule has 10 heteroatoms. The third-order valence-corrected chi connectivity index (χ3v) is 4.57. The van der Waals surface area contributed by atoms with E-state index in [-0.39, 0.29) is 33.9 Å². The van der Waals surface area contributed by atoms with E-state index >= 15 is 0 Å². The number of carbonyl (C=O) groups excluding carboxylic acids is 1. The van der Waals surface area contributed by atoms with Crippen molar-refractivity contribution in [1.82, 2.24) is 14.5 Å². The van der Waals surface area contributed by atoms with Gasteiger partial charge in [-0.1, -0.05) is 53.5 Å². The zero-order chi connectivity index (χ0) is 20.4. The Morgan fingerprint density at radius 3 is 2.54 bits per heavy atom. The quantitative estimate of drug-likeness (QED) is 0.628. The summed E-state index contributed by atoms with van der Waals surface area (Å²) in [5.41, 5.74) is 5.05. The number of hydrogen-bond donors (Lipinski definition) is 2. The van der Waals surface area contributed by atoms with E-state index in [1.54, 1.807) is 12.1 Å².